The highest BCUT2D eigenvalue weighted by atomic mass is 32.1. The number of amides is 1. The molecule has 1 amide bonds. The molecule has 132 valence electrons. The first-order valence-electron chi connectivity index (χ1n) is 8.56. The van der Waals surface area contributed by atoms with Crippen LogP contribution in [0.2, 0.25) is 0 Å². The number of nitrogens with one attached hydrogen (secondary N) is 1. The molecule has 0 aliphatic carbocycles. The molecule has 1 N–H and O–H groups in total. The molecule has 2 heterocycles. The minimum absolute atomic E-state index is 0.0879. The van der Waals surface area contributed by atoms with Crippen molar-refractivity contribution in [3.8, 4) is 0 Å². The van der Waals surface area contributed by atoms with Crippen molar-refractivity contribution < 1.29 is 4.79 Å². The van der Waals surface area contributed by atoms with E-state index < -0.39 is 0 Å². The van der Waals surface area contributed by atoms with Crippen LogP contribution >= 0.6 is 11.3 Å². The van der Waals surface area contributed by atoms with E-state index in [1.807, 2.05) is 9.90 Å². The molecule has 0 aliphatic rings. The molecule has 3 aromatic rings. The van der Waals surface area contributed by atoms with Gasteiger partial charge < -0.3 is 5.32 Å². The van der Waals surface area contributed by atoms with Gasteiger partial charge in [-0.2, -0.15) is 5.10 Å². The van der Waals surface area contributed by atoms with Gasteiger partial charge in [0.2, 0.25) is 10.9 Å². The fourth-order valence-corrected chi connectivity index (χ4v) is 3.52. The lowest BCUT2D eigenvalue weighted by atomic mass is 9.86. The Morgan fingerprint density at radius 3 is 2.68 bits per heavy atom. The molecular formula is C19H24N4OS. The maximum Gasteiger partial charge on any atom is 0.220 e. The van der Waals surface area contributed by atoms with E-state index in [4.69, 9.17) is 0 Å². The third-order valence-electron chi connectivity index (χ3n) is 4.25. The van der Waals surface area contributed by atoms with Gasteiger partial charge in [0.15, 0.2) is 0 Å². The Bertz CT molecular complexity index is 842. The molecule has 0 unspecified atom stereocenters. The molecule has 6 heteroatoms. The second-order valence-electron chi connectivity index (χ2n) is 7.23. The van der Waals surface area contributed by atoms with Gasteiger partial charge in [0.05, 0.1) is 5.69 Å². The number of benzene rings is 1. The first kappa shape index (κ1) is 17.6. The predicted octanol–water partition coefficient (Wildman–Crippen LogP) is 3.38. The lowest BCUT2D eigenvalue weighted by Gasteiger charge is -2.19. The van der Waals surface area contributed by atoms with Crippen LogP contribution in [0.3, 0.4) is 0 Å². The van der Waals surface area contributed by atoms with Crippen molar-refractivity contribution in [1.29, 1.82) is 0 Å². The minimum atomic E-state index is 0.0879. The van der Waals surface area contributed by atoms with Gasteiger partial charge in [0.25, 0.3) is 0 Å². The van der Waals surface area contributed by atoms with Gasteiger partial charge in [-0.05, 0) is 23.0 Å². The van der Waals surface area contributed by atoms with Crippen LogP contribution in [0.15, 0.2) is 36.0 Å². The largest absolute Gasteiger partial charge is 0.356 e. The topological polar surface area (TPSA) is 59.3 Å². The summed E-state index contributed by atoms with van der Waals surface area (Å²) < 4.78 is 1.83. The standard InChI is InChI=1S/C19H24N4OS/c1-19(2,3)15-7-4-14(5-8-15)6-9-17(24)20-11-10-16-12-25-18-21-13-22-23(16)18/h4-5,7-8,12-13H,6,9-11H2,1-3H3,(H,20,24). The zero-order valence-corrected chi connectivity index (χ0v) is 15.8. The molecule has 0 bridgehead atoms. The first-order valence-corrected chi connectivity index (χ1v) is 9.44. The first-order chi connectivity index (χ1) is 11.9. The van der Waals surface area contributed by atoms with E-state index in [9.17, 15) is 4.79 Å². The number of carbonyl (C=O) groups excluding carboxylic acids is 1. The van der Waals surface area contributed by atoms with Crippen LogP contribution in [-0.4, -0.2) is 27.0 Å². The summed E-state index contributed by atoms with van der Waals surface area (Å²) in [4.78, 5) is 17.1. The van der Waals surface area contributed by atoms with E-state index in [0.717, 1.165) is 23.5 Å². The Morgan fingerprint density at radius 2 is 1.96 bits per heavy atom. The summed E-state index contributed by atoms with van der Waals surface area (Å²) in [5, 5.41) is 9.21. The average Bonchev–Trinajstić information content (AvgIpc) is 3.17. The second-order valence-corrected chi connectivity index (χ2v) is 8.06. The van der Waals surface area contributed by atoms with Gasteiger partial charge in [-0.25, -0.2) is 9.50 Å². The monoisotopic (exact) mass is 356 g/mol. The number of nitrogens with zero attached hydrogens (tertiary/aromatic N) is 3. The van der Waals surface area contributed by atoms with E-state index >= 15 is 0 Å². The number of rotatable bonds is 6. The Morgan fingerprint density at radius 1 is 1.20 bits per heavy atom. The minimum Gasteiger partial charge on any atom is -0.356 e. The number of fused-ring (bicyclic) bond motifs is 1. The molecule has 25 heavy (non-hydrogen) atoms. The fourth-order valence-electron chi connectivity index (χ4n) is 2.69. The SMILES string of the molecule is CC(C)(C)c1ccc(CCC(=O)NCCc2csc3ncnn23)cc1. The van der Waals surface area contributed by atoms with Gasteiger partial charge in [-0.3, -0.25) is 4.79 Å². The highest BCUT2D eigenvalue weighted by molar-refractivity contribution is 7.15. The highest BCUT2D eigenvalue weighted by Crippen LogP contribution is 2.22. The zero-order chi connectivity index (χ0) is 17.9. The van der Waals surface area contributed by atoms with Gasteiger partial charge in [-0.15, -0.1) is 11.3 Å². The van der Waals surface area contributed by atoms with Crippen LogP contribution in [0.4, 0.5) is 0 Å². The Kier molecular flexibility index (Phi) is 5.18. The van der Waals surface area contributed by atoms with Crippen LogP contribution in [0.1, 0.15) is 44.0 Å². The van der Waals surface area contributed by atoms with E-state index in [0.29, 0.717) is 13.0 Å². The molecule has 0 fully saturated rings. The fraction of sp³-hybridized carbons (Fsp3) is 0.421. The molecule has 5 nitrogen and oxygen atoms in total. The average molecular weight is 356 g/mol. The van der Waals surface area contributed by atoms with Crippen LogP contribution in [0, 0.1) is 0 Å². The van der Waals surface area contributed by atoms with Crippen molar-refractivity contribution in [1.82, 2.24) is 19.9 Å². The van der Waals surface area contributed by atoms with Gasteiger partial charge >= 0.3 is 0 Å². The van der Waals surface area contributed by atoms with Crippen LogP contribution in [-0.2, 0) is 23.1 Å². The second kappa shape index (κ2) is 7.35. The number of aromatic nitrogens is 3. The van der Waals surface area contributed by atoms with E-state index in [-0.39, 0.29) is 11.3 Å². The van der Waals surface area contributed by atoms with E-state index in [1.54, 1.807) is 17.7 Å². The van der Waals surface area contributed by atoms with Crippen LogP contribution in [0.5, 0.6) is 0 Å². The summed E-state index contributed by atoms with van der Waals surface area (Å²) in [6, 6.07) is 8.57. The zero-order valence-electron chi connectivity index (χ0n) is 15.0. The summed E-state index contributed by atoms with van der Waals surface area (Å²) >= 11 is 1.57. The maximum atomic E-state index is 12.0. The molecular weight excluding hydrogens is 332 g/mol. The normalized spacial score (nSPS) is 11.8. The van der Waals surface area contributed by atoms with E-state index in [2.05, 4.69) is 60.4 Å². The molecule has 0 saturated heterocycles. The predicted molar refractivity (Wildman–Crippen MR) is 101 cm³/mol. The number of hydrogen-bond donors (Lipinski definition) is 1. The van der Waals surface area contributed by atoms with E-state index in [1.165, 1.54) is 11.1 Å². The highest BCUT2D eigenvalue weighted by Gasteiger charge is 2.13. The molecule has 2 aromatic heterocycles. The van der Waals surface area contributed by atoms with Crippen molar-refractivity contribution in [2.45, 2.75) is 45.4 Å². The lowest BCUT2D eigenvalue weighted by Crippen LogP contribution is -2.26. The molecule has 0 aliphatic heterocycles. The lowest BCUT2D eigenvalue weighted by molar-refractivity contribution is -0.121. The van der Waals surface area contributed by atoms with Crippen molar-refractivity contribution in [3.63, 3.8) is 0 Å². The summed E-state index contributed by atoms with van der Waals surface area (Å²) in [5.74, 6) is 0.0879. The number of aryl methyl sites for hydroxylation is 1. The summed E-state index contributed by atoms with van der Waals surface area (Å²) in [7, 11) is 0. The number of thiazole rings is 1. The van der Waals surface area contributed by atoms with Crippen molar-refractivity contribution in [2.75, 3.05) is 6.54 Å². The smallest absolute Gasteiger partial charge is 0.220 e. The maximum absolute atomic E-state index is 12.0. The molecule has 0 radical (unpaired) electrons. The summed E-state index contributed by atoms with van der Waals surface area (Å²) in [6.07, 6.45) is 3.59. The Balaban J connectivity index is 1.43. The number of hydrogen-bond acceptors (Lipinski definition) is 4. The molecule has 0 saturated carbocycles. The van der Waals surface area contributed by atoms with Crippen LogP contribution < -0.4 is 5.32 Å². The van der Waals surface area contributed by atoms with Gasteiger partial charge in [0, 0.05) is 24.8 Å². The Labute approximate surface area is 152 Å². The Hall–Kier alpha value is -2.21. The van der Waals surface area contributed by atoms with Gasteiger partial charge in [-0.1, -0.05) is 45.0 Å². The molecule has 3 rings (SSSR count). The summed E-state index contributed by atoms with van der Waals surface area (Å²) in [6.45, 7) is 7.23. The molecule has 0 atom stereocenters. The van der Waals surface area contributed by atoms with Crippen LogP contribution in [0.25, 0.3) is 4.96 Å². The summed E-state index contributed by atoms with van der Waals surface area (Å²) in [5.41, 5.74) is 3.75. The third kappa shape index (κ3) is 4.45. The van der Waals surface area contributed by atoms with Crippen molar-refractivity contribution in [3.05, 3.63) is 52.8 Å². The third-order valence-corrected chi connectivity index (χ3v) is 5.13. The van der Waals surface area contributed by atoms with Crippen molar-refractivity contribution >= 4 is 22.2 Å². The van der Waals surface area contributed by atoms with Crippen molar-refractivity contribution in [2.24, 2.45) is 0 Å². The van der Waals surface area contributed by atoms with Gasteiger partial charge in [0.1, 0.15) is 6.33 Å². The molecule has 0 spiro atoms. The number of carbonyl (C=O) groups is 1. The molecule has 1 aromatic carbocycles. The quantitative estimate of drug-likeness (QED) is 0.736.